The summed E-state index contributed by atoms with van der Waals surface area (Å²) in [7, 11) is 0. The Balaban J connectivity index is 1.21. The molecular formula is C24H26N6O3S. The lowest BCUT2D eigenvalue weighted by molar-refractivity contribution is -0.115. The molecule has 1 aromatic carbocycles. The van der Waals surface area contributed by atoms with Crippen molar-refractivity contribution in [2.45, 2.75) is 51.0 Å². The summed E-state index contributed by atoms with van der Waals surface area (Å²) in [5.74, 6) is 1.57. The number of benzene rings is 1. The third-order valence-electron chi connectivity index (χ3n) is 6.09. The maximum absolute atomic E-state index is 12.5. The molecule has 3 heterocycles. The van der Waals surface area contributed by atoms with Crippen LogP contribution in [0, 0.1) is 6.92 Å². The minimum absolute atomic E-state index is 0.146. The minimum Gasteiger partial charge on any atom is -0.384 e. The second-order valence-electron chi connectivity index (χ2n) is 8.58. The van der Waals surface area contributed by atoms with Crippen molar-refractivity contribution in [1.29, 1.82) is 0 Å². The molecule has 1 aliphatic rings. The molecule has 1 aliphatic carbocycles. The van der Waals surface area contributed by atoms with Gasteiger partial charge in [-0.15, -0.1) is 0 Å². The molecule has 0 unspecified atom stereocenters. The van der Waals surface area contributed by atoms with Crippen LogP contribution in [0.2, 0.25) is 0 Å². The Kier molecular flexibility index (Phi) is 6.25. The van der Waals surface area contributed by atoms with Crippen LogP contribution >= 0.6 is 11.3 Å². The van der Waals surface area contributed by atoms with Gasteiger partial charge >= 0.3 is 0 Å². The van der Waals surface area contributed by atoms with Gasteiger partial charge in [0.1, 0.15) is 11.4 Å². The number of aryl methyl sites for hydroxylation is 1. The average Bonchev–Trinajstić information content (AvgIpc) is 3.49. The third-order valence-corrected chi connectivity index (χ3v) is 7.19. The van der Waals surface area contributed by atoms with Crippen LogP contribution in [0.5, 0.6) is 0 Å². The van der Waals surface area contributed by atoms with E-state index in [0.717, 1.165) is 53.3 Å². The fourth-order valence-electron chi connectivity index (χ4n) is 4.27. The SMILES string of the molecule is Cc1nc(-c2ccc3ccnc(NCCC(=O)Nc4ncc(C5(O)CCCCC5)s4)c3c2)no1. The number of anilines is 2. The van der Waals surface area contributed by atoms with Crippen LogP contribution in [0.1, 0.15) is 49.3 Å². The standard InChI is InChI=1S/C24H26N6O3S/c1-15-28-21(30-33-15)17-6-5-16-7-11-25-22(18(16)13-17)26-12-8-20(31)29-23-27-14-19(34-23)24(32)9-3-2-4-10-24/h5-7,11,13-14,32H,2-4,8-10,12H2,1H3,(H,25,26)(H,27,29,31). The number of aliphatic hydroxyl groups is 1. The fourth-order valence-corrected chi connectivity index (χ4v) is 5.25. The predicted octanol–water partition coefficient (Wildman–Crippen LogP) is 4.64. The van der Waals surface area contributed by atoms with E-state index in [9.17, 15) is 9.90 Å². The van der Waals surface area contributed by atoms with E-state index in [-0.39, 0.29) is 12.3 Å². The molecule has 0 saturated heterocycles. The number of pyridine rings is 1. The number of carbonyl (C=O) groups is 1. The smallest absolute Gasteiger partial charge is 0.227 e. The number of hydrogen-bond acceptors (Lipinski definition) is 9. The van der Waals surface area contributed by atoms with Crippen LogP contribution in [-0.4, -0.2) is 37.7 Å². The second kappa shape index (κ2) is 9.47. The van der Waals surface area contributed by atoms with Gasteiger partial charge in [0.2, 0.25) is 17.6 Å². The number of carbonyl (C=O) groups excluding carboxylic acids is 1. The Morgan fingerprint density at radius 3 is 2.85 bits per heavy atom. The van der Waals surface area contributed by atoms with E-state index in [1.807, 2.05) is 24.3 Å². The number of nitrogens with one attached hydrogen (secondary N) is 2. The third kappa shape index (κ3) is 4.78. The highest BCUT2D eigenvalue weighted by atomic mass is 32.1. The molecule has 10 heteroatoms. The summed E-state index contributed by atoms with van der Waals surface area (Å²) in [5, 5.41) is 23.4. The first-order chi connectivity index (χ1) is 16.5. The highest BCUT2D eigenvalue weighted by Gasteiger charge is 2.33. The molecule has 1 amide bonds. The summed E-state index contributed by atoms with van der Waals surface area (Å²) in [5.41, 5.74) is 0.0249. The number of thiazole rings is 1. The highest BCUT2D eigenvalue weighted by molar-refractivity contribution is 7.15. The van der Waals surface area contributed by atoms with Gasteiger partial charge < -0.3 is 20.3 Å². The Morgan fingerprint density at radius 2 is 2.06 bits per heavy atom. The van der Waals surface area contributed by atoms with Gasteiger partial charge in [-0.05, 0) is 30.4 Å². The van der Waals surface area contributed by atoms with Gasteiger partial charge in [0.25, 0.3) is 0 Å². The summed E-state index contributed by atoms with van der Waals surface area (Å²) in [6, 6.07) is 7.81. The molecule has 4 aromatic rings. The van der Waals surface area contributed by atoms with Crippen LogP contribution < -0.4 is 10.6 Å². The Labute approximate surface area is 200 Å². The van der Waals surface area contributed by atoms with Crippen molar-refractivity contribution in [1.82, 2.24) is 20.1 Å². The summed E-state index contributed by atoms with van der Waals surface area (Å²) in [6.45, 7) is 2.16. The first-order valence-corrected chi connectivity index (χ1v) is 12.2. The average molecular weight is 479 g/mol. The van der Waals surface area contributed by atoms with Gasteiger partial charge in [-0.3, -0.25) is 4.79 Å². The highest BCUT2D eigenvalue weighted by Crippen LogP contribution is 2.40. The van der Waals surface area contributed by atoms with Crippen molar-refractivity contribution >= 4 is 39.0 Å². The Morgan fingerprint density at radius 1 is 1.21 bits per heavy atom. The van der Waals surface area contributed by atoms with E-state index in [1.165, 1.54) is 11.3 Å². The summed E-state index contributed by atoms with van der Waals surface area (Å²) < 4.78 is 5.09. The maximum atomic E-state index is 12.5. The lowest BCUT2D eigenvalue weighted by Crippen LogP contribution is -2.27. The van der Waals surface area contributed by atoms with E-state index >= 15 is 0 Å². The summed E-state index contributed by atoms with van der Waals surface area (Å²) in [4.78, 5) is 26.3. The van der Waals surface area contributed by atoms with Crippen molar-refractivity contribution in [3.63, 3.8) is 0 Å². The first-order valence-electron chi connectivity index (χ1n) is 11.4. The molecule has 9 nitrogen and oxygen atoms in total. The molecule has 176 valence electrons. The van der Waals surface area contributed by atoms with Gasteiger partial charge in [-0.2, -0.15) is 4.98 Å². The first kappa shape index (κ1) is 22.4. The van der Waals surface area contributed by atoms with E-state index in [2.05, 4.69) is 30.7 Å². The van der Waals surface area contributed by atoms with E-state index < -0.39 is 5.60 Å². The molecule has 3 N–H and O–H groups in total. The summed E-state index contributed by atoms with van der Waals surface area (Å²) >= 11 is 1.35. The minimum atomic E-state index is -0.806. The van der Waals surface area contributed by atoms with Crippen molar-refractivity contribution < 1.29 is 14.4 Å². The zero-order chi connectivity index (χ0) is 23.5. The molecular weight excluding hydrogens is 452 g/mol. The fraction of sp³-hybridized carbons (Fsp3) is 0.375. The molecule has 0 spiro atoms. The number of rotatable bonds is 7. The van der Waals surface area contributed by atoms with Crippen molar-refractivity contribution in [2.24, 2.45) is 0 Å². The molecule has 0 atom stereocenters. The number of amides is 1. The van der Waals surface area contributed by atoms with Crippen molar-refractivity contribution in [3.05, 3.63) is 47.4 Å². The zero-order valence-corrected chi connectivity index (χ0v) is 19.7. The van der Waals surface area contributed by atoms with Crippen LogP contribution in [0.3, 0.4) is 0 Å². The second-order valence-corrected chi connectivity index (χ2v) is 9.61. The van der Waals surface area contributed by atoms with Crippen molar-refractivity contribution in [2.75, 3.05) is 17.2 Å². The van der Waals surface area contributed by atoms with Gasteiger partial charge in [0.15, 0.2) is 5.13 Å². The lowest BCUT2D eigenvalue weighted by Gasteiger charge is -2.30. The number of fused-ring (bicyclic) bond motifs is 1. The molecule has 5 rings (SSSR count). The van der Waals surface area contributed by atoms with Crippen LogP contribution in [0.15, 0.2) is 41.2 Å². The molecule has 1 fully saturated rings. The molecule has 0 radical (unpaired) electrons. The number of aromatic nitrogens is 4. The Bertz CT molecular complexity index is 1310. The normalized spacial score (nSPS) is 15.4. The van der Waals surface area contributed by atoms with E-state index in [4.69, 9.17) is 4.52 Å². The van der Waals surface area contributed by atoms with Crippen LogP contribution in [0.25, 0.3) is 22.2 Å². The van der Waals surface area contributed by atoms with Gasteiger partial charge in [-0.1, -0.05) is 47.9 Å². The molecule has 34 heavy (non-hydrogen) atoms. The van der Waals surface area contributed by atoms with Gasteiger partial charge in [-0.25, -0.2) is 9.97 Å². The Hall–Kier alpha value is -3.37. The number of nitrogens with zero attached hydrogens (tertiary/aromatic N) is 4. The van der Waals surface area contributed by atoms with Gasteiger partial charge in [0, 0.05) is 43.2 Å². The molecule has 3 aromatic heterocycles. The monoisotopic (exact) mass is 478 g/mol. The predicted molar refractivity (Wildman–Crippen MR) is 131 cm³/mol. The quantitative estimate of drug-likeness (QED) is 0.351. The molecule has 0 aliphatic heterocycles. The molecule has 0 bridgehead atoms. The maximum Gasteiger partial charge on any atom is 0.227 e. The molecule has 1 saturated carbocycles. The van der Waals surface area contributed by atoms with Crippen LogP contribution in [-0.2, 0) is 10.4 Å². The van der Waals surface area contributed by atoms with Crippen LogP contribution in [0.4, 0.5) is 10.9 Å². The zero-order valence-electron chi connectivity index (χ0n) is 18.9. The van der Waals surface area contributed by atoms with E-state index in [1.54, 1.807) is 19.3 Å². The largest absolute Gasteiger partial charge is 0.384 e. The topological polar surface area (TPSA) is 126 Å². The number of hydrogen-bond donors (Lipinski definition) is 3. The van der Waals surface area contributed by atoms with E-state index in [0.29, 0.717) is 29.2 Å². The summed E-state index contributed by atoms with van der Waals surface area (Å²) in [6.07, 6.45) is 8.35. The van der Waals surface area contributed by atoms with Gasteiger partial charge in [0.05, 0.1) is 4.88 Å². The lowest BCUT2D eigenvalue weighted by atomic mass is 9.84. The van der Waals surface area contributed by atoms with Crippen molar-refractivity contribution in [3.8, 4) is 11.4 Å².